The summed E-state index contributed by atoms with van der Waals surface area (Å²) in [6.45, 7) is 3.60. The quantitative estimate of drug-likeness (QED) is 0.761. The molecule has 0 atom stereocenters. The third-order valence-corrected chi connectivity index (χ3v) is 3.59. The number of sulfone groups is 1. The Morgan fingerprint density at radius 2 is 2.05 bits per heavy atom. The molecule has 0 spiro atoms. The van der Waals surface area contributed by atoms with E-state index in [2.05, 4.69) is 0 Å². The molecule has 0 radical (unpaired) electrons. The molecule has 0 heterocycles. The van der Waals surface area contributed by atoms with Crippen LogP contribution in [-0.2, 0) is 16.4 Å². The normalized spacial score (nSPS) is 11.8. The van der Waals surface area contributed by atoms with Gasteiger partial charge in [0, 0.05) is 30.6 Å². The summed E-state index contributed by atoms with van der Waals surface area (Å²) in [7, 11) is -1.06. The first-order chi connectivity index (χ1) is 8.81. The van der Waals surface area contributed by atoms with Gasteiger partial charge in [0.25, 0.3) is 0 Å². The molecule has 2 N–H and O–H groups in total. The molecule has 0 unspecified atom stereocenters. The Balaban J connectivity index is 2.72. The summed E-state index contributed by atoms with van der Waals surface area (Å²) < 4.78 is 27.8. The summed E-state index contributed by atoms with van der Waals surface area (Å²) in [6.07, 6.45) is 1.24. The number of nitrogens with zero attached hydrogens (tertiary/aromatic N) is 1. The molecule has 0 aliphatic carbocycles. The van der Waals surface area contributed by atoms with E-state index < -0.39 is 9.84 Å². The topological polar surface area (TPSA) is 72.6 Å². The number of anilines is 1. The SMILES string of the molecule is CCOc1ccc(N)cc1CN(C)CCS(C)(=O)=O. The van der Waals surface area contributed by atoms with E-state index in [1.807, 2.05) is 31.0 Å². The number of nitrogens with two attached hydrogens (primary N) is 1. The second-order valence-electron chi connectivity index (χ2n) is 4.67. The molecule has 0 saturated carbocycles. The monoisotopic (exact) mass is 286 g/mol. The molecule has 0 aromatic heterocycles. The summed E-state index contributed by atoms with van der Waals surface area (Å²) in [5.41, 5.74) is 7.42. The molecular formula is C13H22N2O3S. The molecule has 0 fully saturated rings. The van der Waals surface area contributed by atoms with Gasteiger partial charge in [-0.3, -0.25) is 0 Å². The highest BCUT2D eigenvalue weighted by Crippen LogP contribution is 2.22. The van der Waals surface area contributed by atoms with E-state index >= 15 is 0 Å². The van der Waals surface area contributed by atoms with Crippen LogP contribution in [0.2, 0.25) is 0 Å². The first-order valence-corrected chi connectivity index (χ1v) is 8.25. The minimum absolute atomic E-state index is 0.149. The number of rotatable bonds is 7. The smallest absolute Gasteiger partial charge is 0.148 e. The van der Waals surface area contributed by atoms with Crippen molar-refractivity contribution < 1.29 is 13.2 Å². The van der Waals surface area contributed by atoms with Gasteiger partial charge in [-0.1, -0.05) is 0 Å². The van der Waals surface area contributed by atoms with Crippen molar-refractivity contribution in [3.63, 3.8) is 0 Å². The Morgan fingerprint density at radius 1 is 1.37 bits per heavy atom. The molecule has 6 heteroatoms. The molecule has 1 rings (SSSR count). The van der Waals surface area contributed by atoms with Crippen molar-refractivity contribution in [1.82, 2.24) is 4.90 Å². The van der Waals surface area contributed by atoms with Crippen LogP contribution < -0.4 is 10.5 Å². The molecule has 1 aromatic carbocycles. The third-order valence-electron chi connectivity index (χ3n) is 2.67. The van der Waals surface area contributed by atoms with Crippen LogP contribution in [0.1, 0.15) is 12.5 Å². The highest BCUT2D eigenvalue weighted by atomic mass is 32.2. The van der Waals surface area contributed by atoms with E-state index in [0.717, 1.165) is 11.3 Å². The van der Waals surface area contributed by atoms with Crippen LogP contribution in [0.4, 0.5) is 5.69 Å². The zero-order chi connectivity index (χ0) is 14.5. The molecule has 0 bridgehead atoms. The Bertz CT molecular complexity index is 515. The highest BCUT2D eigenvalue weighted by Gasteiger charge is 2.10. The van der Waals surface area contributed by atoms with Crippen LogP contribution in [0.5, 0.6) is 5.75 Å². The zero-order valence-electron chi connectivity index (χ0n) is 11.7. The summed E-state index contributed by atoms with van der Waals surface area (Å²) in [4.78, 5) is 1.94. The van der Waals surface area contributed by atoms with Crippen LogP contribution in [0, 0.1) is 0 Å². The summed E-state index contributed by atoms with van der Waals surface area (Å²) in [6, 6.07) is 5.51. The van der Waals surface area contributed by atoms with Crippen molar-refractivity contribution in [3.8, 4) is 5.75 Å². The van der Waals surface area contributed by atoms with Crippen molar-refractivity contribution >= 4 is 15.5 Å². The van der Waals surface area contributed by atoms with E-state index in [1.54, 1.807) is 6.07 Å². The second-order valence-corrected chi connectivity index (χ2v) is 6.93. The van der Waals surface area contributed by atoms with Gasteiger partial charge in [-0.2, -0.15) is 0 Å². The number of nitrogen functional groups attached to an aromatic ring is 1. The Kier molecular flexibility index (Phi) is 5.62. The lowest BCUT2D eigenvalue weighted by Gasteiger charge is -2.18. The van der Waals surface area contributed by atoms with E-state index in [9.17, 15) is 8.42 Å². The Labute approximate surface area is 115 Å². The molecule has 1 aromatic rings. The van der Waals surface area contributed by atoms with Crippen LogP contribution >= 0.6 is 0 Å². The number of ether oxygens (including phenoxy) is 1. The zero-order valence-corrected chi connectivity index (χ0v) is 12.5. The first kappa shape index (κ1) is 15.8. The molecule has 0 saturated heterocycles. The van der Waals surface area contributed by atoms with Crippen molar-refractivity contribution in [1.29, 1.82) is 0 Å². The van der Waals surface area contributed by atoms with Crippen molar-refractivity contribution in [2.75, 3.05) is 37.9 Å². The van der Waals surface area contributed by atoms with Crippen LogP contribution in [0.25, 0.3) is 0 Å². The average Bonchev–Trinajstić information content (AvgIpc) is 2.29. The fourth-order valence-corrected chi connectivity index (χ4v) is 2.35. The van der Waals surface area contributed by atoms with Gasteiger partial charge in [0.2, 0.25) is 0 Å². The van der Waals surface area contributed by atoms with E-state index in [-0.39, 0.29) is 5.75 Å². The summed E-state index contributed by atoms with van der Waals surface area (Å²) in [5, 5.41) is 0. The maximum Gasteiger partial charge on any atom is 0.148 e. The minimum Gasteiger partial charge on any atom is -0.494 e. The first-order valence-electron chi connectivity index (χ1n) is 6.19. The van der Waals surface area contributed by atoms with Gasteiger partial charge >= 0.3 is 0 Å². The minimum atomic E-state index is -2.94. The molecule has 108 valence electrons. The van der Waals surface area contributed by atoms with Gasteiger partial charge < -0.3 is 15.4 Å². The lowest BCUT2D eigenvalue weighted by Crippen LogP contribution is -2.25. The molecule has 0 amide bonds. The van der Waals surface area contributed by atoms with Gasteiger partial charge in [-0.05, 0) is 32.2 Å². The number of hydrogen-bond donors (Lipinski definition) is 1. The summed E-state index contributed by atoms with van der Waals surface area (Å²) in [5.74, 6) is 0.943. The van der Waals surface area contributed by atoms with Crippen LogP contribution in [0.3, 0.4) is 0 Å². The molecule has 0 aliphatic rings. The Hall–Kier alpha value is -1.27. The standard InChI is InChI=1S/C13H22N2O3S/c1-4-18-13-6-5-12(14)9-11(13)10-15(2)7-8-19(3,16)17/h5-6,9H,4,7-8,10,14H2,1-3H3. The van der Waals surface area contributed by atoms with E-state index in [0.29, 0.717) is 25.4 Å². The van der Waals surface area contributed by atoms with Gasteiger partial charge in [0.05, 0.1) is 12.4 Å². The molecular weight excluding hydrogens is 264 g/mol. The van der Waals surface area contributed by atoms with Crippen LogP contribution in [-0.4, -0.2) is 45.5 Å². The predicted octanol–water partition coefficient (Wildman–Crippen LogP) is 1.14. The van der Waals surface area contributed by atoms with Crippen LogP contribution in [0.15, 0.2) is 18.2 Å². The fraction of sp³-hybridized carbons (Fsp3) is 0.538. The average molecular weight is 286 g/mol. The lowest BCUT2D eigenvalue weighted by atomic mass is 10.1. The lowest BCUT2D eigenvalue weighted by molar-refractivity contribution is 0.312. The molecule has 19 heavy (non-hydrogen) atoms. The largest absolute Gasteiger partial charge is 0.494 e. The highest BCUT2D eigenvalue weighted by molar-refractivity contribution is 7.90. The molecule has 5 nitrogen and oxygen atoms in total. The van der Waals surface area contributed by atoms with Crippen molar-refractivity contribution in [3.05, 3.63) is 23.8 Å². The van der Waals surface area contributed by atoms with E-state index in [1.165, 1.54) is 6.26 Å². The summed E-state index contributed by atoms with van der Waals surface area (Å²) >= 11 is 0. The maximum atomic E-state index is 11.1. The van der Waals surface area contributed by atoms with Crippen molar-refractivity contribution in [2.45, 2.75) is 13.5 Å². The fourth-order valence-electron chi connectivity index (χ4n) is 1.71. The van der Waals surface area contributed by atoms with Gasteiger partial charge in [-0.25, -0.2) is 8.42 Å². The van der Waals surface area contributed by atoms with E-state index in [4.69, 9.17) is 10.5 Å². The van der Waals surface area contributed by atoms with Crippen molar-refractivity contribution in [2.24, 2.45) is 0 Å². The molecule has 0 aliphatic heterocycles. The maximum absolute atomic E-state index is 11.1. The number of hydrogen-bond acceptors (Lipinski definition) is 5. The van der Waals surface area contributed by atoms with Gasteiger partial charge in [0.15, 0.2) is 0 Å². The third kappa shape index (κ3) is 5.94. The Morgan fingerprint density at radius 3 is 2.63 bits per heavy atom. The number of benzene rings is 1. The second kappa shape index (κ2) is 6.77. The predicted molar refractivity (Wildman–Crippen MR) is 78.1 cm³/mol. The van der Waals surface area contributed by atoms with Gasteiger partial charge in [-0.15, -0.1) is 0 Å². The van der Waals surface area contributed by atoms with Gasteiger partial charge in [0.1, 0.15) is 15.6 Å².